The van der Waals surface area contributed by atoms with Crippen LogP contribution in [-0.2, 0) is 11.3 Å². The van der Waals surface area contributed by atoms with Crippen LogP contribution >= 0.6 is 0 Å². The number of anilines is 2. The fourth-order valence-corrected chi connectivity index (χ4v) is 4.26. The summed E-state index contributed by atoms with van der Waals surface area (Å²) >= 11 is 0. The highest BCUT2D eigenvalue weighted by Crippen LogP contribution is 2.32. The highest BCUT2D eigenvalue weighted by Gasteiger charge is 2.26. The third-order valence-electron chi connectivity index (χ3n) is 6.18. The van der Waals surface area contributed by atoms with Crippen LogP contribution in [0.1, 0.15) is 15.9 Å². The highest BCUT2D eigenvalue weighted by atomic mass is 16.6. The molecule has 1 saturated heterocycles. The minimum Gasteiger partial charge on any atom is -0.482 e. The first-order valence-corrected chi connectivity index (χ1v) is 11.3. The Kier molecular flexibility index (Phi) is 6.01. The zero-order valence-corrected chi connectivity index (χ0v) is 18.9. The summed E-state index contributed by atoms with van der Waals surface area (Å²) in [7, 11) is 0. The lowest BCUT2D eigenvalue weighted by molar-refractivity contribution is -0.385. The van der Waals surface area contributed by atoms with Crippen LogP contribution in [0.25, 0.3) is 0 Å². The molecule has 0 saturated carbocycles. The summed E-state index contributed by atoms with van der Waals surface area (Å²) in [5, 5.41) is 10.8. The number of hydrogen-bond acceptors (Lipinski definition) is 7. The van der Waals surface area contributed by atoms with E-state index in [1.54, 1.807) is 28.0 Å². The molecule has 1 aromatic heterocycles. The van der Waals surface area contributed by atoms with Crippen LogP contribution in [0.3, 0.4) is 0 Å². The van der Waals surface area contributed by atoms with Crippen molar-refractivity contribution >= 4 is 29.0 Å². The van der Waals surface area contributed by atoms with Gasteiger partial charge in [0, 0.05) is 37.8 Å². The van der Waals surface area contributed by atoms with E-state index in [4.69, 9.17) is 4.74 Å². The van der Waals surface area contributed by atoms with Gasteiger partial charge < -0.3 is 19.4 Å². The molecule has 5 rings (SSSR count). The molecule has 10 nitrogen and oxygen atoms in total. The van der Waals surface area contributed by atoms with Gasteiger partial charge >= 0.3 is 0 Å². The number of aromatic nitrogens is 1. The number of carbonyl (C=O) groups is 2. The number of piperazine rings is 1. The predicted molar refractivity (Wildman–Crippen MR) is 129 cm³/mol. The van der Waals surface area contributed by atoms with E-state index < -0.39 is 4.92 Å². The normalized spacial score (nSPS) is 15.4. The third kappa shape index (κ3) is 4.63. The Morgan fingerprint density at radius 1 is 1.00 bits per heavy atom. The van der Waals surface area contributed by atoms with Crippen molar-refractivity contribution in [1.29, 1.82) is 0 Å². The first-order valence-electron chi connectivity index (χ1n) is 11.3. The zero-order chi connectivity index (χ0) is 24.4. The van der Waals surface area contributed by atoms with Crippen molar-refractivity contribution in [2.45, 2.75) is 6.54 Å². The van der Waals surface area contributed by atoms with E-state index in [1.807, 2.05) is 41.3 Å². The van der Waals surface area contributed by atoms with Gasteiger partial charge in [-0.15, -0.1) is 0 Å². The molecule has 0 unspecified atom stereocenters. The number of carbonyl (C=O) groups excluding carboxylic acids is 2. The number of ether oxygens (including phenoxy) is 1. The Morgan fingerprint density at radius 2 is 1.74 bits per heavy atom. The standard InChI is InChI=1S/C25H23N5O5/c31-24-17-35-22-4-2-1-3-21(22)29(24)16-18-5-7-19(8-6-18)25(32)28-13-11-27(12-14-28)23-10-9-20(15-26-23)30(33)34/h1-10,15H,11-14,16-17H2. The lowest BCUT2D eigenvalue weighted by Gasteiger charge is -2.35. The molecule has 35 heavy (non-hydrogen) atoms. The summed E-state index contributed by atoms with van der Waals surface area (Å²) in [5.41, 5.74) is 2.20. The lowest BCUT2D eigenvalue weighted by atomic mass is 10.1. The molecule has 1 fully saturated rings. The Bertz CT molecular complexity index is 1250. The first kappa shape index (κ1) is 22.3. The minimum atomic E-state index is -0.476. The second-order valence-corrected chi connectivity index (χ2v) is 8.34. The highest BCUT2D eigenvalue weighted by molar-refractivity contribution is 5.98. The average Bonchev–Trinajstić information content (AvgIpc) is 2.90. The molecule has 2 aliphatic rings. The van der Waals surface area contributed by atoms with Gasteiger partial charge in [-0.3, -0.25) is 19.7 Å². The number of amides is 2. The van der Waals surface area contributed by atoms with Crippen molar-refractivity contribution in [3.63, 3.8) is 0 Å². The van der Waals surface area contributed by atoms with Crippen LogP contribution in [0.2, 0.25) is 0 Å². The monoisotopic (exact) mass is 473 g/mol. The Balaban J connectivity index is 1.20. The number of pyridine rings is 1. The largest absolute Gasteiger partial charge is 0.482 e. The number of fused-ring (bicyclic) bond motifs is 1. The fourth-order valence-electron chi connectivity index (χ4n) is 4.26. The van der Waals surface area contributed by atoms with Gasteiger partial charge in [0.25, 0.3) is 17.5 Å². The van der Waals surface area contributed by atoms with Crippen LogP contribution < -0.4 is 14.5 Å². The third-order valence-corrected chi connectivity index (χ3v) is 6.18. The smallest absolute Gasteiger partial charge is 0.287 e. The van der Waals surface area contributed by atoms with Crippen LogP contribution in [0, 0.1) is 10.1 Å². The first-order chi connectivity index (χ1) is 17.0. The quantitative estimate of drug-likeness (QED) is 0.414. The molecule has 3 heterocycles. The maximum Gasteiger partial charge on any atom is 0.287 e. The van der Waals surface area contributed by atoms with Gasteiger partial charge in [-0.1, -0.05) is 24.3 Å². The Morgan fingerprint density at radius 3 is 2.43 bits per heavy atom. The summed E-state index contributed by atoms with van der Waals surface area (Å²) in [4.78, 5) is 45.4. The maximum atomic E-state index is 13.0. The number of benzene rings is 2. The molecular weight excluding hydrogens is 450 g/mol. The van der Waals surface area contributed by atoms with Gasteiger partial charge in [-0.25, -0.2) is 4.98 Å². The summed E-state index contributed by atoms with van der Waals surface area (Å²) in [6, 6.07) is 17.8. The SMILES string of the molecule is O=C(c1ccc(CN2C(=O)COc3ccccc32)cc1)N1CCN(c2ccc([N+](=O)[O-])cn2)CC1. The van der Waals surface area contributed by atoms with Gasteiger partial charge in [0.1, 0.15) is 17.8 Å². The van der Waals surface area contributed by atoms with Crippen molar-refractivity contribution < 1.29 is 19.2 Å². The fraction of sp³-hybridized carbons (Fsp3) is 0.240. The summed E-state index contributed by atoms with van der Waals surface area (Å²) in [6.45, 7) is 2.64. The molecule has 2 amide bonds. The number of rotatable bonds is 5. The van der Waals surface area contributed by atoms with E-state index in [9.17, 15) is 19.7 Å². The van der Waals surface area contributed by atoms with Crippen LogP contribution in [0.4, 0.5) is 17.2 Å². The second kappa shape index (κ2) is 9.41. The van der Waals surface area contributed by atoms with Gasteiger partial charge in [0.05, 0.1) is 17.2 Å². The Labute approximate surface area is 201 Å². The van der Waals surface area contributed by atoms with Crippen molar-refractivity contribution in [2.24, 2.45) is 0 Å². The molecular formula is C25H23N5O5. The zero-order valence-electron chi connectivity index (χ0n) is 18.9. The molecule has 178 valence electrons. The van der Waals surface area contributed by atoms with Crippen LogP contribution in [0.5, 0.6) is 5.75 Å². The average molecular weight is 473 g/mol. The van der Waals surface area contributed by atoms with Crippen molar-refractivity contribution in [3.8, 4) is 5.75 Å². The molecule has 2 aromatic carbocycles. The molecule has 0 aliphatic carbocycles. The Hall–Kier alpha value is -4.47. The van der Waals surface area contributed by atoms with E-state index >= 15 is 0 Å². The molecule has 10 heteroatoms. The molecule has 0 N–H and O–H groups in total. The van der Waals surface area contributed by atoms with E-state index in [0.717, 1.165) is 11.3 Å². The molecule has 0 radical (unpaired) electrons. The molecule has 0 bridgehead atoms. The molecule has 2 aliphatic heterocycles. The van der Waals surface area contributed by atoms with Gasteiger partial charge in [0.2, 0.25) is 0 Å². The molecule has 3 aromatic rings. The van der Waals surface area contributed by atoms with E-state index in [1.165, 1.54) is 12.3 Å². The van der Waals surface area contributed by atoms with Crippen LogP contribution in [-0.4, -0.2) is 59.4 Å². The predicted octanol–water partition coefficient (Wildman–Crippen LogP) is 2.88. The number of hydrogen-bond donors (Lipinski definition) is 0. The lowest BCUT2D eigenvalue weighted by Crippen LogP contribution is -2.49. The van der Waals surface area contributed by atoms with Gasteiger partial charge in [-0.2, -0.15) is 0 Å². The topological polar surface area (TPSA) is 109 Å². The molecule has 0 atom stereocenters. The molecule has 0 spiro atoms. The number of para-hydroxylation sites is 2. The minimum absolute atomic E-state index is 0.00888. The summed E-state index contributed by atoms with van der Waals surface area (Å²) in [5.74, 6) is 1.18. The van der Waals surface area contributed by atoms with Gasteiger partial charge in [-0.05, 0) is 35.9 Å². The van der Waals surface area contributed by atoms with Crippen LogP contribution in [0.15, 0.2) is 66.9 Å². The number of nitrogens with zero attached hydrogens (tertiary/aromatic N) is 5. The van der Waals surface area contributed by atoms with E-state index in [-0.39, 0.29) is 24.1 Å². The second-order valence-electron chi connectivity index (χ2n) is 8.34. The van der Waals surface area contributed by atoms with Crippen molar-refractivity contribution in [1.82, 2.24) is 9.88 Å². The summed E-state index contributed by atoms with van der Waals surface area (Å²) in [6.07, 6.45) is 1.25. The van der Waals surface area contributed by atoms with Crippen molar-refractivity contribution in [2.75, 3.05) is 42.6 Å². The van der Waals surface area contributed by atoms with E-state index in [0.29, 0.717) is 49.9 Å². The van der Waals surface area contributed by atoms with E-state index in [2.05, 4.69) is 4.98 Å². The maximum absolute atomic E-state index is 13.0. The number of nitro groups is 1. The van der Waals surface area contributed by atoms with Gasteiger partial charge in [0.15, 0.2) is 6.61 Å². The van der Waals surface area contributed by atoms with Crippen molar-refractivity contribution in [3.05, 3.63) is 88.1 Å². The summed E-state index contributed by atoms with van der Waals surface area (Å²) < 4.78 is 5.50.